The average Bonchev–Trinajstić information content (AvgIpc) is 2.69. The van der Waals surface area contributed by atoms with Gasteiger partial charge < -0.3 is 0 Å². The molecule has 0 fully saturated rings. The van der Waals surface area contributed by atoms with Crippen LogP contribution in [-0.4, -0.2) is 10.8 Å². The number of hydrogen-bond acceptors (Lipinski definition) is 2. The lowest BCUT2D eigenvalue weighted by atomic mass is 9.88. The van der Waals surface area contributed by atoms with E-state index in [2.05, 4.69) is 56.1 Å². The van der Waals surface area contributed by atoms with E-state index in [9.17, 15) is 4.79 Å². The van der Waals surface area contributed by atoms with Gasteiger partial charge in [0.05, 0.1) is 5.69 Å². The van der Waals surface area contributed by atoms with Gasteiger partial charge in [0.2, 0.25) is 0 Å². The van der Waals surface area contributed by atoms with Crippen molar-refractivity contribution in [1.29, 1.82) is 0 Å². The number of hydrogen-bond donors (Lipinski definition) is 0. The molecule has 0 N–H and O–H groups in total. The highest BCUT2D eigenvalue weighted by Crippen LogP contribution is 2.38. The Labute approximate surface area is 144 Å². The van der Waals surface area contributed by atoms with Gasteiger partial charge in [-0.1, -0.05) is 43.7 Å². The van der Waals surface area contributed by atoms with Gasteiger partial charge in [-0.25, -0.2) is 0 Å². The monoisotopic (exact) mass is 319 g/mol. The SMILES string of the molecule is CCCC(=O)CCC1=Cc2cccnc2C(C)c2ccc(C)cc21. The Morgan fingerprint density at radius 2 is 2.04 bits per heavy atom. The highest BCUT2D eigenvalue weighted by molar-refractivity contribution is 5.88. The van der Waals surface area contributed by atoms with Crippen LogP contribution in [0, 0.1) is 6.92 Å². The molecule has 0 spiro atoms. The third-order valence-corrected chi connectivity index (χ3v) is 4.83. The number of rotatable bonds is 5. The molecule has 0 radical (unpaired) electrons. The van der Waals surface area contributed by atoms with Crippen LogP contribution in [-0.2, 0) is 4.79 Å². The van der Waals surface area contributed by atoms with Crippen molar-refractivity contribution in [2.45, 2.75) is 52.4 Å². The van der Waals surface area contributed by atoms with E-state index in [1.807, 2.05) is 12.3 Å². The molecule has 1 heterocycles. The summed E-state index contributed by atoms with van der Waals surface area (Å²) in [7, 11) is 0. The summed E-state index contributed by atoms with van der Waals surface area (Å²) in [4.78, 5) is 16.7. The maximum Gasteiger partial charge on any atom is 0.133 e. The van der Waals surface area contributed by atoms with Gasteiger partial charge >= 0.3 is 0 Å². The van der Waals surface area contributed by atoms with Crippen molar-refractivity contribution < 1.29 is 4.79 Å². The molecule has 0 bridgehead atoms. The summed E-state index contributed by atoms with van der Waals surface area (Å²) in [5.74, 6) is 0.619. The summed E-state index contributed by atoms with van der Waals surface area (Å²) in [5, 5.41) is 0. The van der Waals surface area contributed by atoms with Crippen LogP contribution in [0.25, 0.3) is 11.6 Å². The Morgan fingerprint density at radius 1 is 1.21 bits per heavy atom. The van der Waals surface area contributed by atoms with Crippen LogP contribution in [0.4, 0.5) is 0 Å². The van der Waals surface area contributed by atoms with Gasteiger partial charge in [0.15, 0.2) is 0 Å². The molecule has 1 unspecified atom stereocenters. The van der Waals surface area contributed by atoms with Crippen LogP contribution in [0.1, 0.15) is 73.4 Å². The van der Waals surface area contributed by atoms with Crippen molar-refractivity contribution in [3.63, 3.8) is 0 Å². The Morgan fingerprint density at radius 3 is 2.83 bits per heavy atom. The zero-order chi connectivity index (χ0) is 17.1. The van der Waals surface area contributed by atoms with Crippen molar-refractivity contribution in [2.75, 3.05) is 0 Å². The van der Waals surface area contributed by atoms with Crippen molar-refractivity contribution in [3.8, 4) is 0 Å². The van der Waals surface area contributed by atoms with E-state index < -0.39 is 0 Å². The lowest BCUT2D eigenvalue weighted by Crippen LogP contribution is -2.03. The molecular formula is C22H25NO. The molecule has 0 saturated heterocycles. The Balaban J connectivity index is 2.05. The molecule has 1 atom stereocenters. The molecular weight excluding hydrogens is 294 g/mol. The van der Waals surface area contributed by atoms with E-state index in [1.54, 1.807) is 0 Å². The number of aryl methyl sites for hydroxylation is 1. The normalized spacial score (nSPS) is 16.0. The molecule has 2 aromatic rings. The molecule has 0 aliphatic heterocycles. The second kappa shape index (κ2) is 7.12. The Hall–Kier alpha value is -2.22. The van der Waals surface area contributed by atoms with Gasteiger partial charge in [-0.15, -0.1) is 0 Å². The smallest absolute Gasteiger partial charge is 0.133 e. The standard InChI is InChI=1S/C22H25NO/c1-4-6-19(24)10-9-17-14-18-7-5-12-23-22(18)16(3)20-11-8-15(2)13-21(17)20/h5,7-8,11-14,16H,4,6,9-10H2,1-3H3. The van der Waals surface area contributed by atoms with Crippen LogP contribution >= 0.6 is 0 Å². The first-order valence-corrected chi connectivity index (χ1v) is 8.88. The van der Waals surface area contributed by atoms with Crippen molar-refractivity contribution in [2.24, 2.45) is 0 Å². The number of nitrogens with zero attached hydrogens (tertiary/aromatic N) is 1. The molecule has 2 heteroatoms. The molecule has 1 aliphatic rings. The zero-order valence-corrected chi connectivity index (χ0v) is 14.8. The molecule has 3 rings (SSSR count). The quantitative estimate of drug-likeness (QED) is 0.723. The summed E-state index contributed by atoms with van der Waals surface area (Å²) in [6.45, 7) is 6.41. The third kappa shape index (κ3) is 3.33. The maximum absolute atomic E-state index is 12.0. The molecule has 24 heavy (non-hydrogen) atoms. The van der Waals surface area contributed by atoms with E-state index in [1.165, 1.54) is 27.8 Å². The summed E-state index contributed by atoms with van der Waals surface area (Å²) >= 11 is 0. The number of Topliss-reactive ketones (excluding diaryl/α,β-unsaturated/α-hetero) is 1. The van der Waals surface area contributed by atoms with Crippen molar-refractivity contribution >= 4 is 17.4 Å². The summed E-state index contributed by atoms with van der Waals surface area (Å²) in [5.41, 5.74) is 7.41. The summed E-state index contributed by atoms with van der Waals surface area (Å²) < 4.78 is 0. The fourth-order valence-corrected chi connectivity index (χ4v) is 3.54. The van der Waals surface area contributed by atoms with Crippen molar-refractivity contribution in [1.82, 2.24) is 4.98 Å². The molecule has 2 nitrogen and oxygen atoms in total. The van der Waals surface area contributed by atoms with E-state index in [4.69, 9.17) is 0 Å². The Kier molecular flexibility index (Phi) is 4.94. The minimum atomic E-state index is 0.261. The predicted molar refractivity (Wildman–Crippen MR) is 100.0 cm³/mol. The Bertz CT molecular complexity index is 788. The number of benzene rings is 1. The highest BCUT2D eigenvalue weighted by Gasteiger charge is 2.22. The largest absolute Gasteiger partial charge is 0.300 e. The first-order valence-electron chi connectivity index (χ1n) is 8.88. The van der Waals surface area contributed by atoms with E-state index >= 15 is 0 Å². The maximum atomic E-state index is 12.0. The molecule has 1 aromatic carbocycles. The van der Waals surface area contributed by atoms with Gasteiger partial charge in [-0.3, -0.25) is 9.78 Å². The minimum Gasteiger partial charge on any atom is -0.300 e. The number of ketones is 1. The summed E-state index contributed by atoms with van der Waals surface area (Å²) in [6, 6.07) is 10.8. The van der Waals surface area contributed by atoms with Gasteiger partial charge in [0, 0.05) is 25.0 Å². The van der Waals surface area contributed by atoms with E-state index in [0.717, 1.165) is 18.5 Å². The molecule has 1 aliphatic carbocycles. The van der Waals surface area contributed by atoms with Gasteiger partial charge in [0.25, 0.3) is 0 Å². The van der Waals surface area contributed by atoms with E-state index in [0.29, 0.717) is 18.6 Å². The number of carbonyl (C=O) groups excluding carboxylic acids is 1. The first-order chi connectivity index (χ1) is 11.6. The second-order valence-electron chi connectivity index (χ2n) is 6.75. The average molecular weight is 319 g/mol. The highest BCUT2D eigenvalue weighted by atomic mass is 16.1. The number of carbonyl (C=O) groups is 1. The predicted octanol–water partition coefficient (Wildman–Crippen LogP) is 5.55. The number of aromatic nitrogens is 1. The van der Waals surface area contributed by atoms with Crippen LogP contribution in [0.5, 0.6) is 0 Å². The minimum absolute atomic E-state index is 0.261. The van der Waals surface area contributed by atoms with Gasteiger partial charge in [-0.05, 0) is 54.2 Å². The molecule has 0 amide bonds. The second-order valence-corrected chi connectivity index (χ2v) is 6.75. The summed E-state index contributed by atoms with van der Waals surface area (Å²) in [6.07, 6.45) is 7.14. The van der Waals surface area contributed by atoms with Crippen LogP contribution in [0.3, 0.4) is 0 Å². The molecule has 124 valence electrons. The van der Waals surface area contributed by atoms with Gasteiger partial charge in [-0.2, -0.15) is 0 Å². The third-order valence-electron chi connectivity index (χ3n) is 4.83. The fourth-order valence-electron chi connectivity index (χ4n) is 3.54. The fraction of sp³-hybridized carbons (Fsp3) is 0.364. The number of fused-ring (bicyclic) bond motifs is 2. The topological polar surface area (TPSA) is 30.0 Å². The molecule has 1 aromatic heterocycles. The van der Waals surface area contributed by atoms with Crippen LogP contribution in [0.15, 0.2) is 36.5 Å². The number of allylic oxidation sites excluding steroid dienone is 1. The lowest BCUT2D eigenvalue weighted by molar-refractivity contribution is -0.119. The zero-order valence-electron chi connectivity index (χ0n) is 14.8. The number of pyridine rings is 1. The van der Waals surface area contributed by atoms with Crippen molar-refractivity contribution in [3.05, 3.63) is 64.5 Å². The molecule has 0 saturated carbocycles. The van der Waals surface area contributed by atoms with E-state index in [-0.39, 0.29) is 5.92 Å². The van der Waals surface area contributed by atoms with Crippen LogP contribution < -0.4 is 0 Å². The van der Waals surface area contributed by atoms with Crippen LogP contribution in [0.2, 0.25) is 0 Å². The lowest BCUT2D eigenvalue weighted by Gasteiger charge is -2.16. The van der Waals surface area contributed by atoms with Gasteiger partial charge in [0.1, 0.15) is 5.78 Å². The first kappa shape index (κ1) is 16.6.